The van der Waals surface area contributed by atoms with E-state index in [4.69, 9.17) is 9.84 Å². The van der Waals surface area contributed by atoms with Crippen LogP contribution in [0, 0.1) is 12.8 Å². The van der Waals surface area contributed by atoms with Crippen LogP contribution in [0.4, 0.5) is 5.82 Å². The van der Waals surface area contributed by atoms with Crippen LogP contribution in [-0.4, -0.2) is 44.3 Å². The van der Waals surface area contributed by atoms with Gasteiger partial charge >= 0.3 is 0 Å². The summed E-state index contributed by atoms with van der Waals surface area (Å²) in [6.07, 6.45) is 11.9. The third kappa shape index (κ3) is 3.34. The number of rotatable bonds is 5. The number of aromatic nitrogens is 5. The van der Waals surface area contributed by atoms with Crippen molar-refractivity contribution in [3.8, 4) is 5.88 Å². The minimum absolute atomic E-state index is 0.536. The maximum absolute atomic E-state index is 5.90. The normalized spacial score (nSPS) is 18.2. The van der Waals surface area contributed by atoms with E-state index in [1.54, 1.807) is 12.4 Å². The zero-order chi connectivity index (χ0) is 18.2. The van der Waals surface area contributed by atoms with Crippen molar-refractivity contribution >= 4 is 11.3 Å². The van der Waals surface area contributed by atoms with Gasteiger partial charge in [0, 0.05) is 43.8 Å². The summed E-state index contributed by atoms with van der Waals surface area (Å²) in [7, 11) is 0. The highest BCUT2D eigenvalue weighted by atomic mass is 16.5. The lowest BCUT2D eigenvalue weighted by molar-refractivity contribution is 0.214. The van der Waals surface area contributed by atoms with Gasteiger partial charge in [-0.3, -0.25) is 4.98 Å². The number of hydrogen-bond acceptors (Lipinski definition) is 6. The van der Waals surface area contributed by atoms with Gasteiger partial charge in [-0.15, -0.1) is 0 Å². The largest absolute Gasteiger partial charge is 0.476 e. The number of anilines is 1. The molecule has 1 aliphatic carbocycles. The highest BCUT2D eigenvalue weighted by Crippen LogP contribution is 2.40. The standard InChI is InChI=1S/C20H24N6O/c1-14-20(23-7-6-21-14)27-13-15-4-9-25(10-5-15)19-18-12-17(16-2-3-16)24-26(18)11-8-22-19/h6-8,11-12,15-16H,2-5,9-10,13H2,1H3. The molecule has 4 heterocycles. The second kappa shape index (κ2) is 6.79. The molecule has 7 heteroatoms. The van der Waals surface area contributed by atoms with Gasteiger partial charge in [-0.25, -0.2) is 14.5 Å². The molecule has 0 amide bonds. The Morgan fingerprint density at radius 2 is 1.85 bits per heavy atom. The number of nitrogens with zero attached hydrogens (tertiary/aromatic N) is 6. The summed E-state index contributed by atoms with van der Waals surface area (Å²) < 4.78 is 7.89. The molecular weight excluding hydrogens is 340 g/mol. The quantitative estimate of drug-likeness (QED) is 0.693. The van der Waals surface area contributed by atoms with Crippen LogP contribution in [0.15, 0.2) is 30.9 Å². The van der Waals surface area contributed by atoms with Crippen molar-refractivity contribution in [1.82, 2.24) is 24.6 Å². The van der Waals surface area contributed by atoms with Crippen LogP contribution < -0.4 is 9.64 Å². The van der Waals surface area contributed by atoms with Gasteiger partial charge in [0.05, 0.1) is 18.0 Å². The molecule has 27 heavy (non-hydrogen) atoms. The molecular formula is C20H24N6O. The van der Waals surface area contributed by atoms with Crippen LogP contribution in [0.5, 0.6) is 5.88 Å². The van der Waals surface area contributed by atoms with E-state index < -0.39 is 0 Å². The van der Waals surface area contributed by atoms with Crippen molar-refractivity contribution in [2.75, 3.05) is 24.6 Å². The fourth-order valence-corrected chi connectivity index (χ4v) is 3.79. The Balaban J connectivity index is 1.24. The number of ether oxygens (including phenoxy) is 1. The molecule has 140 valence electrons. The summed E-state index contributed by atoms with van der Waals surface area (Å²) in [5.74, 6) is 2.90. The molecule has 1 aliphatic heterocycles. The highest BCUT2D eigenvalue weighted by molar-refractivity contribution is 5.69. The second-order valence-corrected chi connectivity index (χ2v) is 7.61. The Morgan fingerprint density at radius 3 is 2.63 bits per heavy atom. The number of hydrogen-bond donors (Lipinski definition) is 0. The van der Waals surface area contributed by atoms with Crippen molar-refractivity contribution < 1.29 is 4.74 Å². The molecule has 2 aliphatic rings. The summed E-state index contributed by atoms with van der Waals surface area (Å²) in [5, 5.41) is 4.73. The minimum Gasteiger partial charge on any atom is -0.476 e. The first kappa shape index (κ1) is 16.5. The molecule has 0 bridgehead atoms. The smallest absolute Gasteiger partial charge is 0.235 e. The monoisotopic (exact) mass is 364 g/mol. The fourth-order valence-electron chi connectivity index (χ4n) is 3.79. The molecule has 0 aromatic carbocycles. The van der Waals surface area contributed by atoms with E-state index in [2.05, 4.69) is 25.9 Å². The van der Waals surface area contributed by atoms with E-state index in [1.165, 1.54) is 18.5 Å². The lowest BCUT2D eigenvalue weighted by Gasteiger charge is -2.32. The molecule has 3 aromatic heterocycles. The average molecular weight is 364 g/mol. The zero-order valence-electron chi connectivity index (χ0n) is 15.6. The van der Waals surface area contributed by atoms with Gasteiger partial charge in [0.1, 0.15) is 5.52 Å². The molecule has 0 N–H and O–H groups in total. The van der Waals surface area contributed by atoms with E-state index in [0.29, 0.717) is 24.3 Å². The molecule has 0 radical (unpaired) electrons. The molecule has 7 nitrogen and oxygen atoms in total. The van der Waals surface area contributed by atoms with Gasteiger partial charge < -0.3 is 9.64 Å². The summed E-state index contributed by atoms with van der Waals surface area (Å²) in [4.78, 5) is 15.6. The summed E-state index contributed by atoms with van der Waals surface area (Å²) in [6, 6.07) is 2.23. The summed E-state index contributed by atoms with van der Waals surface area (Å²) in [6.45, 7) is 4.61. The Hall–Kier alpha value is -2.70. The van der Waals surface area contributed by atoms with Gasteiger partial charge in [-0.2, -0.15) is 5.10 Å². The maximum atomic E-state index is 5.90. The van der Waals surface area contributed by atoms with Gasteiger partial charge in [-0.05, 0) is 44.6 Å². The summed E-state index contributed by atoms with van der Waals surface area (Å²) >= 11 is 0. The van der Waals surface area contributed by atoms with Crippen LogP contribution in [-0.2, 0) is 0 Å². The molecule has 1 saturated carbocycles. The Bertz CT molecular complexity index is 943. The van der Waals surface area contributed by atoms with E-state index in [0.717, 1.165) is 43.0 Å². The van der Waals surface area contributed by atoms with E-state index in [9.17, 15) is 0 Å². The lowest BCUT2D eigenvalue weighted by atomic mass is 9.98. The topological polar surface area (TPSA) is 68.4 Å². The van der Waals surface area contributed by atoms with Crippen molar-refractivity contribution in [1.29, 1.82) is 0 Å². The predicted octanol–water partition coefficient (Wildman–Crippen LogP) is 3.00. The van der Waals surface area contributed by atoms with Gasteiger partial charge in [-0.1, -0.05) is 0 Å². The van der Waals surface area contributed by atoms with E-state index in [1.807, 2.05) is 23.8 Å². The first-order valence-corrected chi connectivity index (χ1v) is 9.77. The maximum Gasteiger partial charge on any atom is 0.235 e. The van der Waals surface area contributed by atoms with E-state index in [-0.39, 0.29) is 0 Å². The van der Waals surface area contributed by atoms with Crippen molar-refractivity contribution in [3.05, 3.63) is 42.2 Å². The lowest BCUT2D eigenvalue weighted by Crippen LogP contribution is -2.36. The molecule has 0 unspecified atom stereocenters. The van der Waals surface area contributed by atoms with Gasteiger partial charge in [0.2, 0.25) is 5.88 Å². The van der Waals surface area contributed by atoms with Crippen molar-refractivity contribution in [2.24, 2.45) is 5.92 Å². The number of fused-ring (bicyclic) bond motifs is 1. The molecule has 1 saturated heterocycles. The van der Waals surface area contributed by atoms with Crippen molar-refractivity contribution in [2.45, 2.75) is 38.5 Å². The van der Waals surface area contributed by atoms with Gasteiger partial charge in [0.25, 0.3) is 0 Å². The molecule has 3 aromatic rings. The molecule has 2 fully saturated rings. The van der Waals surface area contributed by atoms with Crippen LogP contribution in [0.25, 0.3) is 5.52 Å². The third-order valence-electron chi connectivity index (χ3n) is 5.59. The number of piperidine rings is 1. The Labute approximate surface area is 158 Å². The first-order valence-electron chi connectivity index (χ1n) is 9.77. The number of aryl methyl sites for hydroxylation is 1. The van der Waals surface area contributed by atoms with Crippen molar-refractivity contribution in [3.63, 3.8) is 0 Å². The van der Waals surface area contributed by atoms with Crippen LogP contribution in [0.1, 0.15) is 43.0 Å². The molecule has 5 rings (SSSR count). The van der Waals surface area contributed by atoms with E-state index >= 15 is 0 Å². The molecule has 0 spiro atoms. The Kier molecular flexibility index (Phi) is 4.14. The highest BCUT2D eigenvalue weighted by Gasteiger charge is 2.28. The van der Waals surface area contributed by atoms with Crippen LogP contribution in [0.2, 0.25) is 0 Å². The average Bonchev–Trinajstić information content (AvgIpc) is 3.46. The second-order valence-electron chi connectivity index (χ2n) is 7.61. The molecule has 0 atom stereocenters. The van der Waals surface area contributed by atoms with Crippen LogP contribution >= 0.6 is 0 Å². The predicted molar refractivity (Wildman–Crippen MR) is 102 cm³/mol. The third-order valence-corrected chi connectivity index (χ3v) is 5.59. The van der Waals surface area contributed by atoms with Crippen LogP contribution in [0.3, 0.4) is 0 Å². The zero-order valence-corrected chi connectivity index (χ0v) is 15.6. The SMILES string of the molecule is Cc1nccnc1OCC1CCN(c2nccn3nc(C4CC4)cc23)CC1. The summed E-state index contributed by atoms with van der Waals surface area (Å²) in [5.41, 5.74) is 3.19. The Morgan fingerprint density at radius 1 is 1.04 bits per heavy atom. The first-order chi connectivity index (χ1) is 13.3. The fraction of sp³-hybridized carbons (Fsp3) is 0.500. The minimum atomic E-state index is 0.536. The van der Waals surface area contributed by atoms with Gasteiger partial charge in [0.15, 0.2) is 5.82 Å².